The quantitative estimate of drug-likeness (QED) is 0.822. The molecule has 0 saturated heterocycles. The summed E-state index contributed by atoms with van der Waals surface area (Å²) in [4.78, 5) is 11.2. The van der Waals surface area contributed by atoms with Crippen LogP contribution in [0.2, 0.25) is 0 Å². The van der Waals surface area contributed by atoms with Gasteiger partial charge in [0.1, 0.15) is 0 Å². The van der Waals surface area contributed by atoms with Crippen LogP contribution in [-0.2, 0) is 9.53 Å². The van der Waals surface area contributed by atoms with E-state index in [1.54, 1.807) is 0 Å². The van der Waals surface area contributed by atoms with Crippen molar-refractivity contribution in [1.29, 1.82) is 0 Å². The van der Waals surface area contributed by atoms with Crippen LogP contribution >= 0.6 is 0 Å². The summed E-state index contributed by atoms with van der Waals surface area (Å²) in [6.45, 7) is 0. The highest BCUT2D eigenvalue weighted by molar-refractivity contribution is 5.83. The minimum atomic E-state index is -0.313. The molecule has 2 N–H and O–H groups in total. The van der Waals surface area contributed by atoms with Gasteiger partial charge in [0.15, 0.2) is 0 Å². The zero-order valence-electron chi connectivity index (χ0n) is 9.72. The maximum Gasteiger partial charge on any atom is 0.307 e. The molecule has 0 spiro atoms. The molecule has 2 rings (SSSR count). The second-order valence-electron chi connectivity index (χ2n) is 3.99. The van der Waals surface area contributed by atoms with E-state index in [9.17, 15) is 4.79 Å². The third-order valence-corrected chi connectivity index (χ3v) is 2.82. The minimum absolute atomic E-state index is 0.203. The molecule has 2 aromatic carbocycles. The van der Waals surface area contributed by atoms with Gasteiger partial charge in [0.05, 0.1) is 13.5 Å². The van der Waals surface area contributed by atoms with Crippen molar-refractivity contribution in [3.63, 3.8) is 0 Å². The first-order chi connectivity index (χ1) is 8.20. The average molecular weight is 229 g/mol. The molecule has 17 heavy (non-hydrogen) atoms. The van der Waals surface area contributed by atoms with Gasteiger partial charge in [0.25, 0.3) is 0 Å². The van der Waals surface area contributed by atoms with Crippen molar-refractivity contribution in [2.24, 2.45) is 5.73 Å². The predicted molar refractivity (Wildman–Crippen MR) is 67.5 cm³/mol. The summed E-state index contributed by atoms with van der Waals surface area (Å²) in [5.41, 5.74) is 6.91. The summed E-state index contributed by atoms with van der Waals surface area (Å²) in [5, 5.41) is 2.30. The Morgan fingerprint density at radius 3 is 2.65 bits per heavy atom. The van der Waals surface area contributed by atoms with Gasteiger partial charge >= 0.3 is 5.97 Å². The zero-order chi connectivity index (χ0) is 12.3. The van der Waals surface area contributed by atoms with E-state index in [0.717, 1.165) is 10.9 Å². The molecule has 2 aromatic rings. The smallest absolute Gasteiger partial charge is 0.307 e. The van der Waals surface area contributed by atoms with Gasteiger partial charge in [-0.25, -0.2) is 0 Å². The molecule has 0 heterocycles. The number of hydrogen-bond donors (Lipinski definition) is 1. The number of carbonyl (C=O) groups excluding carboxylic acids is 1. The minimum Gasteiger partial charge on any atom is -0.469 e. The standard InChI is InChI=1S/C14H15NO2/c1-17-14(16)9-13(15)12-7-6-10-4-2-3-5-11(10)8-12/h2-8,13H,9,15H2,1H3/t13-/m0/s1. The monoisotopic (exact) mass is 229 g/mol. The Morgan fingerprint density at radius 1 is 1.24 bits per heavy atom. The van der Waals surface area contributed by atoms with E-state index in [2.05, 4.69) is 4.74 Å². The van der Waals surface area contributed by atoms with Crippen LogP contribution in [0.3, 0.4) is 0 Å². The molecule has 0 fully saturated rings. The summed E-state index contributed by atoms with van der Waals surface area (Å²) < 4.78 is 4.61. The van der Waals surface area contributed by atoms with Gasteiger partial charge in [-0.1, -0.05) is 36.4 Å². The van der Waals surface area contributed by atoms with Crippen molar-refractivity contribution in [2.75, 3.05) is 7.11 Å². The van der Waals surface area contributed by atoms with E-state index in [1.807, 2.05) is 42.5 Å². The molecular formula is C14H15NO2. The number of benzene rings is 2. The lowest BCUT2D eigenvalue weighted by atomic mass is 10.0. The number of carbonyl (C=O) groups is 1. The molecule has 0 amide bonds. The van der Waals surface area contributed by atoms with Gasteiger partial charge in [-0.15, -0.1) is 0 Å². The van der Waals surface area contributed by atoms with E-state index >= 15 is 0 Å². The fraction of sp³-hybridized carbons (Fsp3) is 0.214. The zero-order valence-corrected chi connectivity index (χ0v) is 9.72. The molecular weight excluding hydrogens is 214 g/mol. The van der Waals surface area contributed by atoms with Gasteiger partial charge in [0.2, 0.25) is 0 Å². The van der Waals surface area contributed by atoms with E-state index in [1.165, 1.54) is 12.5 Å². The van der Waals surface area contributed by atoms with Crippen molar-refractivity contribution >= 4 is 16.7 Å². The molecule has 3 nitrogen and oxygen atoms in total. The van der Waals surface area contributed by atoms with Crippen LogP contribution in [0.25, 0.3) is 10.8 Å². The third-order valence-electron chi connectivity index (χ3n) is 2.82. The molecule has 0 radical (unpaired) electrons. The molecule has 0 aliphatic heterocycles. The van der Waals surface area contributed by atoms with Crippen LogP contribution in [0.5, 0.6) is 0 Å². The normalized spacial score (nSPS) is 12.4. The Bertz CT molecular complexity index is 536. The van der Waals surface area contributed by atoms with Gasteiger partial charge in [0, 0.05) is 6.04 Å². The summed E-state index contributed by atoms with van der Waals surface area (Å²) in [6.07, 6.45) is 0.203. The van der Waals surface area contributed by atoms with Crippen LogP contribution in [0.1, 0.15) is 18.0 Å². The summed E-state index contributed by atoms with van der Waals surface area (Å²) in [7, 11) is 1.37. The molecule has 0 aliphatic carbocycles. The number of ether oxygens (including phenoxy) is 1. The number of nitrogens with two attached hydrogens (primary N) is 1. The lowest BCUT2D eigenvalue weighted by molar-refractivity contribution is -0.141. The Hall–Kier alpha value is -1.87. The van der Waals surface area contributed by atoms with E-state index in [4.69, 9.17) is 5.73 Å². The highest BCUT2D eigenvalue weighted by Gasteiger charge is 2.11. The lowest BCUT2D eigenvalue weighted by Gasteiger charge is -2.11. The third kappa shape index (κ3) is 2.63. The molecule has 3 heteroatoms. The topological polar surface area (TPSA) is 52.3 Å². The Morgan fingerprint density at radius 2 is 1.94 bits per heavy atom. The number of esters is 1. The highest BCUT2D eigenvalue weighted by atomic mass is 16.5. The van der Waals surface area contributed by atoms with Gasteiger partial charge in [-0.2, -0.15) is 0 Å². The molecule has 88 valence electrons. The number of hydrogen-bond acceptors (Lipinski definition) is 3. The average Bonchev–Trinajstić information content (AvgIpc) is 2.38. The maximum atomic E-state index is 11.2. The van der Waals surface area contributed by atoms with Gasteiger partial charge in [-0.3, -0.25) is 4.79 Å². The van der Waals surface area contributed by atoms with Crippen LogP contribution < -0.4 is 5.73 Å². The largest absolute Gasteiger partial charge is 0.469 e. The number of rotatable bonds is 3. The van der Waals surface area contributed by atoms with Crippen molar-refractivity contribution in [1.82, 2.24) is 0 Å². The number of methoxy groups -OCH3 is 1. The second kappa shape index (κ2) is 4.97. The van der Waals surface area contributed by atoms with Crippen LogP contribution in [0.15, 0.2) is 42.5 Å². The van der Waals surface area contributed by atoms with E-state index in [-0.39, 0.29) is 18.4 Å². The Balaban J connectivity index is 2.26. The second-order valence-corrected chi connectivity index (χ2v) is 3.99. The summed E-state index contributed by atoms with van der Waals surface area (Å²) in [5.74, 6) is -0.286. The SMILES string of the molecule is COC(=O)C[C@H](N)c1ccc2ccccc2c1. The van der Waals surface area contributed by atoms with Crippen molar-refractivity contribution < 1.29 is 9.53 Å². The molecule has 0 unspecified atom stereocenters. The predicted octanol–water partition coefficient (Wildman–Crippen LogP) is 2.40. The molecule has 0 bridgehead atoms. The Kier molecular flexibility index (Phi) is 3.40. The molecule has 0 saturated carbocycles. The van der Waals surface area contributed by atoms with Gasteiger partial charge in [-0.05, 0) is 22.4 Å². The first kappa shape index (κ1) is 11.6. The lowest BCUT2D eigenvalue weighted by Crippen LogP contribution is -2.16. The van der Waals surface area contributed by atoms with Crippen LogP contribution in [-0.4, -0.2) is 13.1 Å². The molecule has 1 atom stereocenters. The summed E-state index contributed by atoms with van der Waals surface area (Å²) in [6, 6.07) is 13.7. The van der Waals surface area contributed by atoms with E-state index in [0.29, 0.717) is 0 Å². The number of fused-ring (bicyclic) bond motifs is 1. The van der Waals surface area contributed by atoms with Crippen LogP contribution in [0.4, 0.5) is 0 Å². The van der Waals surface area contributed by atoms with Crippen molar-refractivity contribution in [2.45, 2.75) is 12.5 Å². The van der Waals surface area contributed by atoms with Crippen LogP contribution in [0, 0.1) is 0 Å². The maximum absolute atomic E-state index is 11.2. The molecule has 0 aliphatic rings. The van der Waals surface area contributed by atoms with Crippen molar-refractivity contribution in [3.05, 3.63) is 48.0 Å². The first-order valence-electron chi connectivity index (χ1n) is 5.52. The van der Waals surface area contributed by atoms with Gasteiger partial charge < -0.3 is 10.5 Å². The molecule has 0 aromatic heterocycles. The fourth-order valence-corrected chi connectivity index (χ4v) is 1.82. The Labute approximate surface area is 100 Å². The first-order valence-corrected chi connectivity index (χ1v) is 5.52. The van der Waals surface area contributed by atoms with Crippen molar-refractivity contribution in [3.8, 4) is 0 Å². The highest BCUT2D eigenvalue weighted by Crippen LogP contribution is 2.21. The summed E-state index contributed by atoms with van der Waals surface area (Å²) >= 11 is 0. The van der Waals surface area contributed by atoms with E-state index < -0.39 is 0 Å². The fourth-order valence-electron chi connectivity index (χ4n) is 1.82.